The van der Waals surface area contributed by atoms with Crippen LogP contribution in [0.5, 0.6) is 0 Å². The molecule has 2 aromatic heterocycles. The van der Waals surface area contributed by atoms with Crippen molar-refractivity contribution in [3.8, 4) is 11.3 Å². The molecular formula is C18H19FN4O3. The molecule has 8 heteroatoms. The zero-order valence-electron chi connectivity index (χ0n) is 14.6. The number of halogens is 1. The molecule has 1 aromatic carbocycles. The highest BCUT2D eigenvalue weighted by Crippen LogP contribution is 2.24. The summed E-state index contributed by atoms with van der Waals surface area (Å²) in [5, 5.41) is 4.12. The molecule has 7 nitrogen and oxygen atoms in total. The van der Waals surface area contributed by atoms with Crippen molar-refractivity contribution in [3.63, 3.8) is 0 Å². The third kappa shape index (κ3) is 3.35. The summed E-state index contributed by atoms with van der Waals surface area (Å²) >= 11 is 0. The van der Waals surface area contributed by atoms with Crippen molar-refractivity contribution in [1.29, 1.82) is 0 Å². The van der Waals surface area contributed by atoms with Crippen LogP contribution in [0, 0.1) is 5.82 Å². The fourth-order valence-electron chi connectivity index (χ4n) is 2.80. The standard InChI is InChI=1S/C18H19FN4O3/c1-3-22(4-2)14(24)9-10-23-11-20-17-15(18(23)25)16(21-26-17)12-5-7-13(19)8-6-12/h5-8,11H,3-4,9-10H2,1-2H3. The number of amides is 1. The number of rotatable bonds is 6. The van der Waals surface area contributed by atoms with Crippen molar-refractivity contribution >= 4 is 17.0 Å². The molecule has 3 rings (SSSR count). The maximum absolute atomic E-state index is 13.1. The number of benzene rings is 1. The number of hydrogen-bond acceptors (Lipinski definition) is 5. The third-order valence-corrected chi connectivity index (χ3v) is 4.26. The number of aryl methyl sites for hydroxylation is 1. The highest BCUT2D eigenvalue weighted by atomic mass is 19.1. The van der Waals surface area contributed by atoms with E-state index in [2.05, 4.69) is 10.1 Å². The summed E-state index contributed by atoms with van der Waals surface area (Å²) in [7, 11) is 0. The van der Waals surface area contributed by atoms with E-state index in [-0.39, 0.29) is 41.3 Å². The van der Waals surface area contributed by atoms with Crippen LogP contribution in [-0.2, 0) is 11.3 Å². The van der Waals surface area contributed by atoms with Crippen molar-refractivity contribution in [2.24, 2.45) is 0 Å². The van der Waals surface area contributed by atoms with Gasteiger partial charge in [-0.3, -0.25) is 14.2 Å². The van der Waals surface area contributed by atoms with Crippen LogP contribution in [0.3, 0.4) is 0 Å². The van der Waals surface area contributed by atoms with Gasteiger partial charge in [0.1, 0.15) is 23.2 Å². The van der Waals surface area contributed by atoms with Crippen LogP contribution in [0.1, 0.15) is 20.3 Å². The Morgan fingerprint density at radius 1 is 1.23 bits per heavy atom. The van der Waals surface area contributed by atoms with Crippen LogP contribution in [0.4, 0.5) is 4.39 Å². The maximum atomic E-state index is 13.1. The van der Waals surface area contributed by atoms with Crippen LogP contribution in [0.25, 0.3) is 22.4 Å². The zero-order chi connectivity index (χ0) is 18.7. The van der Waals surface area contributed by atoms with Crippen LogP contribution < -0.4 is 5.56 Å². The fraction of sp³-hybridized carbons (Fsp3) is 0.333. The van der Waals surface area contributed by atoms with E-state index in [0.29, 0.717) is 24.3 Å². The first kappa shape index (κ1) is 17.8. The first-order valence-corrected chi connectivity index (χ1v) is 8.43. The highest BCUT2D eigenvalue weighted by Gasteiger charge is 2.18. The van der Waals surface area contributed by atoms with Crippen LogP contribution >= 0.6 is 0 Å². The van der Waals surface area contributed by atoms with E-state index < -0.39 is 0 Å². The Morgan fingerprint density at radius 2 is 1.92 bits per heavy atom. The predicted molar refractivity (Wildman–Crippen MR) is 94.0 cm³/mol. The first-order chi connectivity index (χ1) is 12.5. The summed E-state index contributed by atoms with van der Waals surface area (Å²) in [6, 6.07) is 5.61. The van der Waals surface area contributed by atoms with Crippen molar-refractivity contribution in [2.45, 2.75) is 26.8 Å². The minimum atomic E-state index is -0.382. The monoisotopic (exact) mass is 358 g/mol. The molecule has 136 valence electrons. The molecule has 0 bridgehead atoms. The molecule has 0 saturated heterocycles. The lowest BCUT2D eigenvalue weighted by molar-refractivity contribution is -0.131. The van der Waals surface area contributed by atoms with Gasteiger partial charge in [0.15, 0.2) is 0 Å². The largest absolute Gasteiger partial charge is 0.343 e. The van der Waals surface area contributed by atoms with E-state index in [0.717, 1.165) is 0 Å². The third-order valence-electron chi connectivity index (χ3n) is 4.26. The van der Waals surface area contributed by atoms with Crippen molar-refractivity contribution < 1.29 is 13.7 Å². The lowest BCUT2D eigenvalue weighted by atomic mass is 10.1. The van der Waals surface area contributed by atoms with Gasteiger partial charge in [-0.2, -0.15) is 0 Å². The van der Waals surface area contributed by atoms with Gasteiger partial charge in [-0.15, -0.1) is 0 Å². The van der Waals surface area contributed by atoms with Gasteiger partial charge < -0.3 is 9.42 Å². The lowest BCUT2D eigenvalue weighted by Crippen LogP contribution is -2.32. The molecule has 0 aliphatic rings. The van der Waals surface area contributed by atoms with E-state index in [4.69, 9.17) is 4.52 Å². The summed E-state index contributed by atoms with van der Waals surface area (Å²) in [6.07, 6.45) is 1.55. The fourth-order valence-corrected chi connectivity index (χ4v) is 2.80. The van der Waals surface area contributed by atoms with Crippen LogP contribution in [0.2, 0.25) is 0 Å². The Hall–Kier alpha value is -3.03. The normalized spacial score (nSPS) is 11.0. The second-order valence-electron chi connectivity index (χ2n) is 5.78. The Morgan fingerprint density at radius 3 is 2.58 bits per heavy atom. The SMILES string of the molecule is CCN(CC)C(=O)CCn1cnc2onc(-c3ccc(F)cc3)c2c1=O. The first-order valence-electron chi connectivity index (χ1n) is 8.43. The van der Waals surface area contributed by atoms with E-state index in [1.807, 2.05) is 13.8 Å². The Labute approximate surface area is 149 Å². The average Bonchev–Trinajstić information content (AvgIpc) is 3.08. The van der Waals surface area contributed by atoms with Crippen LogP contribution in [0.15, 0.2) is 39.9 Å². The minimum Gasteiger partial charge on any atom is -0.343 e. The molecule has 0 fully saturated rings. The number of nitrogens with zero attached hydrogens (tertiary/aromatic N) is 4. The number of fused-ring (bicyclic) bond motifs is 1. The van der Waals surface area contributed by atoms with E-state index in [9.17, 15) is 14.0 Å². The van der Waals surface area contributed by atoms with E-state index >= 15 is 0 Å². The summed E-state index contributed by atoms with van der Waals surface area (Å²) in [5.41, 5.74) is 0.631. The predicted octanol–water partition coefficient (Wildman–Crippen LogP) is 2.45. The number of carbonyl (C=O) groups is 1. The average molecular weight is 358 g/mol. The van der Waals surface area contributed by atoms with E-state index in [1.54, 1.807) is 4.90 Å². The Kier molecular flexibility index (Phi) is 5.11. The quantitative estimate of drug-likeness (QED) is 0.676. The molecule has 26 heavy (non-hydrogen) atoms. The highest BCUT2D eigenvalue weighted by molar-refractivity contribution is 5.88. The summed E-state index contributed by atoms with van der Waals surface area (Å²) in [4.78, 5) is 30.8. The van der Waals surface area contributed by atoms with Gasteiger partial charge in [0, 0.05) is 31.6 Å². The van der Waals surface area contributed by atoms with Crippen molar-refractivity contribution in [2.75, 3.05) is 13.1 Å². The maximum Gasteiger partial charge on any atom is 0.266 e. The molecule has 0 aliphatic heterocycles. The van der Waals surface area contributed by atoms with Gasteiger partial charge >= 0.3 is 0 Å². The van der Waals surface area contributed by atoms with Gasteiger partial charge in [-0.25, -0.2) is 9.37 Å². The Balaban J connectivity index is 1.93. The molecule has 0 aliphatic carbocycles. The summed E-state index contributed by atoms with van der Waals surface area (Å²) in [5.74, 6) is -0.405. The zero-order valence-corrected chi connectivity index (χ0v) is 14.6. The molecule has 0 unspecified atom stereocenters. The molecule has 0 spiro atoms. The molecule has 0 atom stereocenters. The number of hydrogen-bond donors (Lipinski definition) is 0. The van der Waals surface area contributed by atoms with Crippen molar-refractivity contribution in [3.05, 3.63) is 46.8 Å². The summed E-state index contributed by atoms with van der Waals surface area (Å²) in [6.45, 7) is 5.29. The molecule has 2 heterocycles. The van der Waals surface area contributed by atoms with Gasteiger partial charge in [-0.05, 0) is 38.1 Å². The van der Waals surface area contributed by atoms with Crippen LogP contribution in [-0.4, -0.2) is 38.6 Å². The van der Waals surface area contributed by atoms with Gasteiger partial charge in [-0.1, -0.05) is 5.16 Å². The molecular weight excluding hydrogens is 339 g/mol. The molecule has 0 N–H and O–H groups in total. The second-order valence-corrected chi connectivity index (χ2v) is 5.78. The topological polar surface area (TPSA) is 81.2 Å². The van der Waals surface area contributed by atoms with Gasteiger partial charge in [0.2, 0.25) is 5.91 Å². The number of aromatic nitrogens is 3. The minimum absolute atomic E-state index is 0.0222. The molecule has 0 saturated carbocycles. The second kappa shape index (κ2) is 7.47. The summed E-state index contributed by atoms with van der Waals surface area (Å²) < 4.78 is 19.6. The Bertz CT molecular complexity index is 974. The smallest absolute Gasteiger partial charge is 0.266 e. The molecule has 0 radical (unpaired) electrons. The molecule has 3 aromatic rings. The van der Waals surface area contributed by atoms with Gasteiger partial charge in [0.05, 0.1) is 0 Å². The van der Waals surface area contributed by atoms with E-state index in [1.165, 1.54) is 35.2 Å². The number of carbonyl (C=O) groups excluding carboxylic acids is 1. The molecule has 1 amide bonds. The lowest BCUT2D eigenvalue weighted by Gasteiger charge is -2.18. The van der Waals surface area contributed by atoms with Gasteiger partial charge in [0.25, 0.3) is 11.3 Å². The van der Waals surface area contributed by atoms with Crippen molar-refractivity contribution in [1.82, 2.24) is 19.6 Å².